The third-order valence-electron chi connectivity index (χ3n) is 4.27. The summed E-state index contributed by atoms with van der Waals surface area (Å²) in [6.45, 7) is 1.87. The number of nitrogens with one attached hydrogen (secondary N) is 1. The molecule has 3 aromatic rings. The zero-order valence-electron chi connectivity index (χ0n) is 14.7. The molecule has 1 amide bonds. The van der Waals surface area contributed by atoms with Gasteiger partial charge in [-0.2, -0.15) is 4.39 Å². The van der Waals surface area contributed by atoms with Crippen LogP contribution in [0.4, 0.5) is 8.78 Å². The first kappa shape index (κ1) is 17.8. The van der Waals surface area contributed by atoms with Gasteiger partial charge in [0.15, 0.2) is 11.6 Å². The number of nitrogens with zero attached hydrogens (tertiary/aromatic N) is 1. The Morgan fingerprint density at radius 3 is 2.62 bits per heavy atom. The van der Waals surface area contributed by atoms with Crippen molar-refractivity contribution in [3.8, 4) is 17.0 Å². The van der Waals surface area contributed by atoms with Crippen molar-refractivity contribution in [3.05, 3.63) is 59.2 Å². The average molecular weight is 356 g/mol. The van der Waals surface area contributed by atoms with Gasteiger partial charge in [0, 0.05) is 18.0 Å². The van der Waals surface area contributed by atoms with E-state index in [1.54, 1.807) is 25.2 Å². The van der Waals surface area contributed by atoms with E-state index in [4.69, 9.17) is 4.74 Å². The summed E-state index contributed by atoms with van der Waals surface area (Å²) in [5, 5.41) is 3.45. The van der Waals surface area contributed by atoms with Crippen molar-refractivity contribution in [3.63, 3.8) is 0 Å². The molecule has 3 rings (SSSR count). The Balaban J connectivity index is 2.08. The number of ether oxygens (including phenoxy) is 1. The number of hydrogen-bond donors (Lipinski definition) is 1. The van der Waals surface area contributed by atoms with Gasteiger partial charge in [-0.1, -0.05) is 6.07 Å². The number of hydrogen-bond acceptors (Lipinski definition) is 3. The van der Waals surface area contributed by atoms with Crippen LogP contribution in [0.15, 0.2) is 36.4 Å². The van der Waals surface area contributed by atoms with E-state index < -0.39 is 11.6 Å². The molecule has 1 aromatic heterocycles. The molecule has 6 heteroatoms. The van der Waals surface area contributed by atoms with E-state index in [9.17, 15) is 13.6 Å². The van der Waals surface area contributed by atoms with Gasteiger partial charge >= 0.3 is 0 Å². The molecule has 1 N–H and O–H groups in total. The second-order valence-electron chi connectivity index (χ2n) is 5.97. The SMILES string of the molecule is CNC(=O)Cc1ccc2nc(-c3ccc(OC)c(F)c3F)cc(C)c2c1. The van der Waals surface area contributed by atoms with E-state index in [0.29, 0.717) is 11.2 Å². The number of methoxy groups -OCH3 is 1. The molecule has 0 unspecified atom stereocenters. The number of pyridine rings is 1. The topological polar surface area (TPSA) is 51.2 Å². The van der Waals surface area contributed by atoms with Crippen LogP contribution in [-0.4, -0.2) is 25.0 Å². The summed E-state index contributed by atoms with van der Waals surface area (Å²) in [6, 6.07) is 10.0. The summed E-state index contributed by atoms with van der Waals surface area (Å²) in [6.07, 6.45) is 0.270. The summed E-state index contributed by atoms with van der Waals surface area (Å²) in [5.41, 5.74) is 2.78. The lowest BCUT2D eigenvalue weighted by molar-refractivity contribution is -0.119. The molecule has 1 heterocycles. The highest BCUT2D eigenvalue weighted by Gasteiger charge is 2.17. The van der Waals surface area contributed by atoms with Crippen molar-refractivity contribution in [2.24, 2.45) is 0 Å². The molecule has 26 heavy (non-hydrogen) atoms. The first-order chi connectivity index (χ1) is 12.4. The maximum atomic E-state index is 14.4. The lowest BCUT2D eigenvalue weighted by atomic mass is 10.0. The molecule has 0 saturated heterocycles. The van der Waals surface area contributed by atoms with E-state index in [1.807, 2.05) is 13.0 Å². The second-order valence-corrected chi connectivity index (χ2v) is 5.97. The number of amides is 1. The normalized spacial score (nSPS) is 10.8. The first-order valence-corrected chi connectivity index (χ1v) is 8.07. The minimum atomic E-state index is -1.04. The number of aromatic nitrogens is 1. The van der Waals surface area contributed by atoms with Crippen molar-refractivity contribution in [1.29, 1.82) is 0 Å². The Morgan fingerprint density at radius 2 is 1.92 bits per heavy atom. The molecular formula is C20H18F2N2O2. The van der Waals surface area contributed by atoms with E-state index >= 15 is 0 Å². The molecule has 4 nitrogen and oxygen atoms in total. The Hall–Kier alpha value is -3.02. The molecular weight excluding hydrogens is 338 g/mol. The van der Waals surface area contributed by atoms with Crippen LogP contribution in [-0.2, 0) is 11.2 Å². The van der Waals surface area contributed by atoms with Gasteiger partial charge in [-0.3, -0.25) is 4.79 Å². The third-order valence-corrected chi connectivity index (χ3v) is 4.27. The standard InChI is InChI=1S/C20H18F2N2O2/c1-11-8-16(13-5-7-17(26-3)20(22)19(13)21)24-15-6-4-12(9-14(11)15)10-18(25)23-2/h4-9H,10H2,1-3H3,(H,23,25). The molecule has 0 aliphatic rings. The maximum Gasteiger partial charge on any atom is 0.224 e. The lowest BCUT2D eigenvalue weighted by Gasteiger charge is -2.11. The first-order valence-electron chi connectivity index (χ1n) is 8.07. The minimum Gasteiger partial charge on any atom is -0.494 e. The van der Waals surface area contributed by atoms with E-state index in [0.717, 1.165) is 16.5 Å². The Labute approximate surface area is 149 Å². The quantitative estimate of drug-likeness (QED) is 0.774. The van der Waals surface area contributed by atoms with Crippen molar-refractivity contribution < 1.29 is 18.3 Å². The number of carbonyl (C=O) groups excluding carboxylic acids is 1. The summed E-state index contributed by atoms with van der Waals surface area (Å²) < 4.78 is 33.2. The zero-order chi connectivity index (χ0) is 18.8. The molecule has 0 radical (unpaired) electrons. The predicted octanol–water partition coefficient (Wildman–Crippen LogP) is 3.79. The van der Waals surface area contributed by atoms with Crippen LogP contribution in [0.1, 0.15) is 11.1 Å². The van der Waals surface area contributed by atoms with Crippen LogP contribution in [0, 0.1) is 18.6 Å². The molecule has 0 saturated carbocycles. The van der Waals surface area contributed by atoms with Gasteiger partial charge < -0.3 is 10.1 Å². The molecule has 134 valence electrons. The van der Waals surface area contributed by atoms with Crippen molar-refractivity contribution in [2.45, 2.75) is 13.3 Å². The van der Waals surface area contributed by atoms with Gasteiger partial charge in [-0.15, -0.1) is 0 Å². The summed E-state index contributed by atoms with van der Waals surface area (Å²) in [7, 11) is 2.87. The Kier molecular flexibility index (Phi) is 4.84. The third kappa shape index (κ3) is 3.22. The summed E-state index contributed by atoms with van der Waals surface area (Å²) in [4.78, 5) is 16.0. The van der Waals surface area contributed by atoms with Crippen molar-refractivity contribution in [1.82, 2.24) is 10.3 Å². The fraction of sp³-hybridized carbons (Fsp3) is 0.200. The van der Waals surface area contributed by atoms with Gasteiger partial charge in [0.25, 0.3) is 0 Å². The van der Waals surface area contributed by atoms with Gasteiger partial charge in [-0.05, 0) is 48.4 Å². The average Bonchev–Trinajstić information content (AvgIpc) is 2.64. The molecule has 2 aromatic carbocycles. The highest BCUT2D eigenvalue weighted by molar-refractivity contribution is 5.87. The van der Waals surface area contributed by atoms with E-state index in [2.05, 4.69) is 10.3 Å². The lowest BCUT2D eigenvalue weighted by Crippen LogP contribution is -2.19. The number of carbonyl (C=O) groups is 1. The van der Waals surface area contributed by atoms with Gasteiger partial charge in [0.1, 0.15) is 0 Å². The number of likely N-dealkylation sites (N-methyl/N-ethyl adjacent to an activating group) is 1. The van der Waals surface area contributed by atoms with Crippen LogP contribution in [0.25, 0.3) is 22.2 Å². The van der Waals surface area contributed by atoms with E-state index in [1.165, 1.54) is 19.2 Å². The monoisotopic (exact) mass is 356 g/mol. The van der Waals surface area contributed by atoms with E-state index in [-0.39, 0.29) is 23.6 Å². The minimum absolute atomic E-state index is 0.0720. The van der Waals surface area contributed by atoms with Crippen molar-refractivity contribution in [2.75, 3.05) is 14.2 Å². The highest BCUT2D eigenvalue weighted by Crippen LogP contribution is 2.31. The van der Waals surface area contributed by atoms with Crippen LogP contribution < -0.4 is 10.1 Å². The van der Waals surface area contributed by atoms with Crippen LogP contribution in [0.2, 0.25) is 0 Å². The van der Waals surface area contributed by atoms with Gasteiger partial charge in [0.2, 0.25) is 11.7 Å². The molecule has 0 bridgehead atoms. The molecule has 0 fully saturated rings. The summed E-state index contributed by atoms with van der Waals surface area (Å²) >= 11 is 0. The van der Waals surface area contributed by atoms with Crippen LogP contribution >= 0.6 is 0 Å². The number of halogens is 2. The van der Waals surface area contributed by atoms with Crippen molar-refractivity contribution >= 4 is 16.8 Å². The smallest absolute Gasteiger partial charge is 0.224 e. The summed E-state index contributed by atoms with van der Waals surface area (Å²) in [5.74, 6) is -2.26. The fourth-order valence-electron chi connectivity index (χ4n) is 2.85. The largest absolute Gasteiger partial charge is 0.494 e. The van der Waals surface area contributed by atoms with Gasteiger partial charge in [-0.25, -0.2) is 9.37 Å². The number of benzene rings is 2. The number of fused-ring (bicyclic) bond motifs is 1. The fourth-order valence-corrected chi connectivity index (χ4v) is 2.85. The van der Waals surface area contributed by atoms with Crippen LogP contribution in [0.5, 0.6) is 5.75 Å². The van der Waals surface area contributed by atoms with Gasteiger partial charge in [0.05, 0.1) is 24.7 Å². The second kappa shape index (κ2) is 7.07. The molecule has 0 aliphatic carbocycles. The highest BCUT2D eigenvalue weighted by atomic mass is 19.2. The molecule has 0 atom stereocenters. The predicted molar refractivity (Wildman–Crippen MR) is 96.2 cm³/mol. The number of rotatable bonds is 4. The maximum absolute atomic E-state index is 14.4. The van der Waals surface area contributed by atoms with Crippen LogP contribution in [0.3, 0.4) is 0 Å². The zero-order valence-corrected chi connectivity index (χ0v) is 14.7. The number of aryl methyl sites for hydroxylation is 1. The molecule has 0 aliphatic heterocycles. The molecule has 0 spiro atoms. The Morgan fingerprint density at radius 1 is 1.15 bits per heavy atom. The Bertz CT molecular complexity index is 1000.